The molecule has 15 heavy (non-hydrogen) atoms. The van der Waals surface area contributed by atoms with Gasteiger partial charge in [0.1, 0.15) is 18.1 Å². The van der Waals surface area contributed by atoms with Crippen molar-refractivity contribution in [3.63, 3.8) is 0 Å². The third-order valence-corrected chi connectivity index (χ3v) is 2.31. The van der Waals surface area contributed by atoms with Crippen molar-refractivity contribution >= 4 is 9.24 Å². The van der Waals surface area contributed by atoms with Crippen LogP contribution in [0.1, 0.15) is 5.56 Å². The van der Waals surface area contributed by atoms with E-state index in [0.717, 1.165) is 23.2 Å². The summed E-state index contributed by atoms with van der Waals surface area (Å²) in [6.45, 7) is 2.62. The summed E-state index contributed by atoms with van der Waals surface area (Å²) in [4.78, 5) is 0. The number of ether oxygens (including phenoxy) is 2. The Morgan fingerprint density at radius 3 is 2.80 bits per heavy atom. The number of allylic oxidation sites excluding steroid dienone is 1. The molecule has 82 valence electrons. The lowest BCUT2D eigenvalue weighted by atomic mass is 10.2. The number of methoxy groups -OCH3 is 1. The number of hydrogen-bond acceptors (Lipinski definition) is 2. The molecule has 0 radical (unpaired) electrons. The molecule has 0 aromatic heterocycles. The van der Waals surface area contributed by atoms with Crippen molar-refractivity contribution in [2.75, 3.05) is 19.9 Å². The minimum absolute atomic E-state index is 0.600. The van der Waals surface area contributed by atoms with Gasteiger partial charge >= 0.3 is 0 Å². The molecule has 1 aromatic carbocycles. The average molecular weight is 224 g/mol. The molecule has 0 spiro atoms. The Hall–Kier alpha value is -1.01. The van der Waals surface area contributed by atoms with Crippen molar-refractivity contribution in [1.29, 1.82) is 0 Å². The molecule has 0 N–H and O–H groups in total. The summed E-state index contributed by atoms with van der Waals surface area (Å²) < 4.78 is 10.7. The Balaban J connectivity index is 2.62. The summed E-state index contributed by atoms with van der Waals surface area (Å²) >= 11 is 0. The second-order valence-corrected chi connectivity index (χ2v) is 3.62. The van der Waals surface area contributed by atoms with E-state index in [1.165, 1.54) is 0 Å². The first-order chi connectivity index (χ1) is 7.27. The molecule has 2 nitrogen and oxygen atoms in total. The summed E-state index contributed by atoms with van der Waals surface area (Å²) in [6.07, 6.45) is 5.02. The fraction of sp³-hybridized carbons (Fsp3) is 0.333. The largest absolute Gasteiger partial charge is 0.497 e. The molecule has 0 fully saturated rings. The first-order valence-corrected chi connectivity index (χ1v) is 5.72. The molecule has 1 rings (SSSR count). The number of rotatable bonds is 5. The van der Waals surface area contributed by atoms with Gasteiger partial charge in [0.25, 0.3) is 0 Å². The van der Waals surface area contributed by atoms with E-state index in [4.69, 9.17) is 9.47 Å². The fourth-order valence-corrected chi connectivity index (χ4v) is 1.36. The maximum absolute atomic E-state index is 5.61. The summed E-state index contributed by atoms with van der Waals surface area (Å²) in [5.41, 5.74) is 1.12. The summed E-state index contributed by atoms with van der Waals surface area (Å²) in [7, 11) is 4.30. The van der Waals surface area contributed by atoms with Crippen molar-refractivity contribution in [2.24, 2.45) is 0 Å². The third kappa shape index (κ3) is 3.93. The molecule has 1 aromatic rings. The van der Waals surface area contributed by atoms with Crippen molar-refractivity contribution in [2.45, 2.75) is 6.92 Å². The van der Waals surface area contributed by atoms with Gasteiger partial charge in [-0.05, 0) is 24.7 Å². The lowest BCUT2D eigenvalue weighted by molar-refractivity contribution is 0.354. The zero-order chi connectivity index (χ0) is 11.1. The van der Waals surface area contributed by atoms with Crippen LogP contribution in [0.5, 0.6) is 11.5 Å². The Morgan fingerprint density at radius 2 is 2.13 bits per heavy atom. The summed E-state index contributed by atoms with van der Waals surface area (Å²) in [6, 6.07) is 5.83. The molecule has 0 aliphatic carbocycles. The van der Waals surface area contributed by atoms with E-state index in [1.54, 1.807) is 7.11 Å². The molecule has 0 saturated carbocycles. The maximum atomic E-state index is 5.61. The van der Waals surface area contributed by atoms with Crippen LogP contribution in [0.3, 0.4) is 0 Å². The average Bonchev–Trinajstić information content (AvgIpc) is 2.26. The van der Waals surface area contributed by atoms with E-state index in [-0.39, 0.29) is 0 Å². The topological polar surface area (TPSA) is 18.5 Å². The van der Waals surface area contributed by atoms with Gasteiger partial charge in [-0.25, -0.2) is 0 Å². The molecule has 0 saturated heterocycles. The summed E-state index contributed by atoms with van der Waals surface area (Å²) in [5, 5.41) is 0. The molecular weight excluding hydrogens is 207 g/mol. The van der Waals surface area contributed by atoms with Crippen LogP contribution in [-0.2, 0) is 0 Å². The highest BCUT2D eigenvalue weighted by molar-refractivity contribution is 7.16. The van der Waals surface area contributed by atoms with Gasteiger partial charge in [-0.2, -0.15) is 0 Å². The monoisotopic (exact) mass is 224 g/mol. The fourth-order valence-electron chi connectivity index (χ4n) is 1.17. The van der Waals surface area contributed by atoms with Crippen molar-refractivity contribution in [3.05, 3.63) is 35.9 Å². The van der Waals surface area contributed by atoms with Gasteiger partial charge in [0.05, 0.1) is 7.11 Å². The molecule has 0 heterocycles. The van der Waals surface area contributed by atoms with Crippen LogP contribution >= 0.6 is 9.24 Å². The first kappa shape index (κ1) is 12.1. The minimum Gasteiger partial charge on any atom is -0.497 e. The molecular formula is C12H17O2P. The molecule has 3 heteroatoms. The van der Waals surface area contributed by atoms with Crippen LogP contribution in [-0.4, -0.2) is 19.9 Å². The molecule has 0 bridgehead atoms. The van der Waals surface area contributed by atoms with Gasteiger partial charge in [0.15, 0.2) is 0 Å². The summed E-state index contributed by atoms with van der Waals surface area (Å²) in [5.74, 6) is 1.70. The van der Waals surface area contributed by atoms with E-state index in [1.807, 2.05) is 31.2 Å². The van der Waals surface area contributed by atoms with Crippen LogP contribution in [0.2, 0.25) is 0 Å². The number of hydrogen-bond donors (Lipinski definition) is 0. The quantitative estimate of drug-likeness (QED) is 0.565. The van der Waals surface area contributed by atoms with E-state index >= 15 is 0 Å². The first-order valence-electron chi connectivity index (χ1n) is 4.90. The van der Waals surface area contributed by atoms with Gasteiger partial charge in [0, 0.05) is 6.07 Å². The number of aryl methyl sites for hydroxylation is 1. The van der Waals surface area contributed by atoms with E-state index in [2.05, 4.69) is 15.3 Å². The molecule has 0 aliphatic rings. The lowest BCUT2D eigenvalue weighted by Crippen LogP contribution is -1.96. The van der Waals surface area contributed by atoms with Crippen molar-refractivity contribution in [3.8, 4) is 11.5 Å². The number of benzene rings is 1. The smallest absolute Gasteiger partial charge is 0.126 e. The predicted octanol–water partition coefficient (Wildman–Crippen LogP) is 2.81. The van der Waals surface area contributed by atoms with Gasteiger partial charge in [-0.1, -0.05) is 18.2 Å². The third-order valence-electron chi connectivity index (χ3n) is 2.03. The molecule has 1 atom stereocenters. The zero-order valence-corrected chi connectivity index (χ0v) is 10.3. The Kier molecular flexibility index (Phi) is 5.20. The molecule has 1 unspecified atom stereocenters. The van der Waals surface area contributed by atoms with E-state index in [9.17, 15) is 0 Å². The second kappa shape index (κ2) is 6.47. The minimum atomic E-state index is 0.600. The van der Waals surface area contributed by atoms with Crippen molar-refractivity contribution in [1.82, 2.24) is 0 Å². The van der Waals surface area contributed by atoms with Gasteiger partial charge < -0.3 is 9.47 Å². The predicted molar refractivity (Wildman–Crippen MR) is 66.9 cm³/mol. The molecule has 0 amide bonds. The molecule has 0 aliphatic heterocycles. The van der Waals surface area contributed by atoms with Crippen LogP contribution in [0.15, 0.2) is 30.4 Å². The Labute approximate surface area is 93.5 Å². The maximum Gasteiger partial charge on any atom is 0.126 e. The van der Waals surface area contributed by atoms with Crippen LogP contribution in [0, 0.1) is 6.92 Å². The van der Waals surface area contributed by atoms with E-state index in [0.29, 0.717) is 6.61 Å². The van der Waals surface area contributed by atoms with Crippen LogP contribution in [0.4, 0.5) is 0 Å². The van der Waals surface area contributed by atoms with Gasteiger partial charge in [0.2, 0.25) is 0 Å². The van der Waals surface area contributed by atoms with Crippen LogP contribution in [0.25, 0.3) is 0 Å². The highest BCUT2D eigenvalue weighted by Crippen LogP contribution is 2.23. The van der Waals surface area contributed by atoms with Crippen LogP contribution < -0.4 is 9.47 Å². The van der Waals surface area contributed by atoms with Gasteiger partial charge in [-0.15, -0.1) is 9.24 Å². The lowest BCUT2D eigenvalue weighted by Gasteiger charge is -2.08. The van der Waals surface area contributed by atoms with Crippen molar-refractivity contribution < 1.29 is 9.47 Å². The standard InChI is InChI=1S/C12H17O2P/c1-10-5-6-11(13-2)9-12(10)14-7-3-4-8-15/h3-6,9H,7-8,15H2,1-2H3/b4-3+. The normalized spacial score (nSPS) is 10.6. The van der Waals surface area contributed by atoms with E-state index < -0.39 is 0 Å². The highest BCUT2D eigenvalue weighted by Gasteiger charge is 2.00. The Bertz CT molecular complexity index is 334. The van der Waals surface area contributed by atoms with Gasteiger partial charge in [-0.3, -0.25) is 0 Å². The second-order valence-electron chi connectivity index (χ2n) is 3.15. The SMILES string of the molecule is COc1ccc(C)c(OC/C=C/CP)c1. The highest BCUT2D eigenvalue weighted by atomic mass is 31.0. The zero-order valence-electron chi connectivity index (χ0n) is 9.19. The Morgan fingerprint density at radius 1 is 1.33 bits per heavy atom.